The second kappa shape index (κ2) is 3.93. The summed E-state index contributed by atoms with van der Waals surface area (Å²) in [6.07, 6.45) is -2.62. The minimum absolute atomic E-state index is 0.230. The highest BCUT2D eigenvalue weighted by atomic mass is 32.1. The average Bonchev–Trinajstić information content (AvgIpc) is 2.08. The van der Waals surface area contributed by atoms with Gasteiger partial charge in [-0.1, -0.05) is 6.92 Å². The molecule has 72 valence electrons. The number of rotatable bonds is 1. The Morgan fingerprint density at radius 1 is 1.33 bits per heavy atom. The first kappa shape index (κ1) is 10.3. The van der Waals surface area contributed by atoms with E-state index in [9.17, 15) is 10.2 Å². The molecule has 1 heterocycles. The number of aliphatic hydroxyl groups is 3. The van der Waals surface area contributed by atoms with Crippen molar-refractivity contribution in [1.29, 1.82) is 0 Å². The largest absolute Gasteiger partial charge is 0.394 e. The van der Waals surface area contributed by atoms with Crippen LogP contribution >= 0.6 is 12.6 Å². The van der Waals surface area contributed by atoms with E-state index < -0.39 is 23.7 Å². The summed E-state index contributed by atoms with van der Waals surface area (Å²) in [5, 5.41) is 27.5. The molecule has 4 nitrogen and oxygen atoms in total. The minimum Gasteiger partial charge on any atom is -0.394 e. The smallest absolute Gasteiger partial charge is 0.110 e. The molecule has 0 radical (unpaired) electrons. The Labute approximate surface area is 76.6 Å². The SMILES string of the molecule is CC1[C@H](S)OC(CO)[C@H](O)[C@@H]1O. The van der Waals surface area contributed by atoms with E-state index in [2.05, 4.69) is 12.6 Å². The monoisotopic (exact) mass is 194 g/mol. The van der Waals surface area contributed by atoms with Gasteiger partial charge in [-0.05, 0) is 0 Å². The summed E-state index contributed by atoms with van der Waals surface area (Å²) < 4.78 is 5.13. The standard InChI is InChI=1S/C7H14O4S/c1-3-5(9)6(10)4(2-8)11-7(3)12/h3-10,12H,2H2,1H3/t3?,4?,5-,6+,7+/m1/s1. The van der Waals surface area contributed by atoms with E-state index in [1.54, 1.807) is 6.92 Å². The third-order valence-corrected chi connectivity index (χ3v) is 2.81. The molecule has 0 aromatic carbocycles. The molecule has 1 aliphatic rings. The Bertz CT molecular complexity index is 150. The molecule has 0 bridgehead atoms. The van der Waals surface area contributed by atoms with Crippen LogP contribution in [-0.4, -0.2) is 45.7 Å². The first-order valence-electron chi connectivity index (χ1n) is 3.88. The predicted octanol–water partition coefficient (Wildman–Crippen LogP) is -1.01. The molecular weight excluding hydrogens is 180 g/mol. The Balaban J connectivity index is 2.63. The van der Waals surface area contributed by atoms with Crippen LogP contribution in [0, 0.1) is 5.92 Å². The van der Waals surface area contributed by atoms with Gasteiger partial charge in [-0.25, -0.2) is 0 Å². The number of hydrogen-bond donors (Lipinski definition) is 4. The number of thiol groups is 1. The third kappa shape index (κ3) is 1.75. The fourth-order valence-corrected chi connectivity index (χ4v) is 1.57. The zero-order chi connectivity index (χ0) is 9.30. The predicted molar refractivity (Wildman–Crippen MR) is 45.9 cm³/mol. The highest BCUT2D eigenvalue weighted by Gasteiger charge is 2.40. The Morgan fingerprint density at radius 3 is 2.42 bits per heavy atom. The van der Waals surface area contributed by atoms with Gasteiger partial charge in [0.1, 0.15) is 17.6 Å². The molecule has 0 amide bonds. The molecule has 12 heavy (non-hydrogen) atoms. The van der Waals surface area contributed by atoms with E-state index in [4.69, 9.17) is 9.84 Å². The molecular formula is C7H14O4S. The summed E-state index contributed by atoms with van der Waals surface area (Å²) in [7, 11) is 0. The van der Waals surface area contributed by atoms with Crippen molar-refractivity contribution in [2.45, 2.75) is 30.7 Å². The molecule has 1 saturated heterocycles. The normalized spacial score (nSPS) is 49.2. The quantitative estimate of drug-likeness (QED) is 0.404. The van der Waals surface area contributed by atoms with Gasteiger partial charge in [-0.15, -0.1) is 12.6 Å². The maximum absolute atomic E-state index is 9.43. The van der Waals surface area contributed by atoms with Gasteiger partial charge in [0, 0.05) is 5.92 Å². The Morgan fingerprint density at radius 2 is 1.92 bits per heavy atom. The summed E-state index contributed by atoms with van der Waals surface area (Å²) >= 11 is 4.06. The van der Waals surface area contributed by atoms with Crippen molar-refractivity contribution in [3.05, 3.63) is 0 Å². The fourth-order valence-electron chi connectivity index (χ4n) is 1.23. The van der Waals surface area contributed by atoms with Crippen LogP contribution in [-0.2, 0) is 4.74 Å². The molecule has 1 aliphatic heterocycles. The summed E-state index contributed by atoms with van der Waals surface area (Å²) in [6.45, 7) is 1.43. The molecule has 1 rings (SSSR count). The van der Waals surface area contributed by atoms with Crippen molar-refractivity contribution in [2.24, 2.45) is 5.92 Å². The number of aliphatic hydroxyl groups excluding tert-OH is 3. The van der Waals surface area contributed by atoms with E-state index in [1.807, 2.05) is 0 Å². The van der Waals surface area contributed by atoms with Gasteiger partial charge >= 0.3 is 0 Å². The Hall–Kier alpha value is 0.190. The van der Waals surface area contributed by atoms with Crippen LogP contribution in [0.1, 0.15) is 6.92 Å². The lowest BCUT2D eigenvalue weighted by atomic mass is 9.94. The number of ether oxygens (including phenoxy) is 1. The first-order chi connectivity index (χ1) is 5.57. The van der Waals surface area contributed by atoms with Crippen LogP contribution in [0.15, 0.2) is 0 Å². The van der Waals surface area contributed by atoms with Crippen LogP contribution in [0.25, 0.3) is 0 Å². The summed E-state index contributed by atoms with van der Waals surface area (Å²) in [5.41, 5.74) is -0.430. The molecule has 5 atom stereocenters. The summed E-state index contributed by atoms with van der Waals surface area (Å²) in [5.74, 6) is -0.230. The first-order valence-corrected chi connectivity index (χ1v) is 4.40. The minimum atomic E-state index is -1.02. The molecule has 0 spiro atoms. The van der Waals surface area contributed by atoms with Gasteiger partial charge in [-0.3, -0.25) is 0 Å². The molecule has 0 aromatic heterocycles. The highest BCUT2D eigenvalue weighted by molar-refractivity contribution is 7.80. The molecule has 1 fully saturated rings. The van der Waals surface area contributed by atoms with E-state index >= 15 is 0 Å². The molecule has 2 unspecified atom stereocenters. The van der Waals surface area contributed by atoms with Crippen molar-refractivity contribution in [2.75, 3.05) is 6.61 Å². The lowest BCUT2D eigenvalue weighted by Gasteiger charge is -2.38. The van der Waals surface area contributed by atoms with Crippen LogP contribution in [0.3, 0.4) is 0 Å². The third-order valence-electron chi connectivity index (χ3n) is 2.21. The summed E-state index contributed by atoms with van der Waals surface area (Å²) in [4.78, 5) is 0. The summed E-state index contributed by atoms with van der Waals surface area (Å²) in [6, 6.07) is 0. The topological polar surface area (TPSA) is 69.9 Å². The van der Waals surface area contributed by atoms with Crippen molar-refractivity contribution in [3.63, 3.8) is 0 Å². The van der Waals surface area contributed by atoms with Crippen molar-refractivity contribution in [1.82, 2.24) is 0 Å². The zero-order valence-corrected chi connectivity index (χ0v) is 7.69. The maximum Gasteiger partial charge on any atom is 0.110 e. The van der Waals surface area contributed by atoms with E-state index in [1.165, 1.54) is 0 Å². The van der Waals surface area contributed by atoms with Crippen LogP contribution in [0.2, 0.25) is 0 Å². The number of hydrogen-bond acceptors (Lipinski definition) is 5. The second-order valence-electron chi connectivity index (χ2n) is 3.09. The van der Waals surface area contributed by atoms with Gasteiger partial charge in [0.05, 0.1) is 12.7 Å². The van der Waals surface area contributed by atoms with Crippen molar-refractivity contribution < 1.29 is 20.1 Å². The van der Waals surface area contributed by atoms with Crippen LogP contribution in [0.5, 0.6) is 0 Å². The molecule has 3 N–H and O–H groups in total. The fraction of sp³-hybridized carbons (Fsp3) is 1.00. The van der Waals surface area contributed by atoms with E-state index in [-0.39, 0.29) is 12.5 Å². The van der Waals surface area contributed by atoms with E-state index in [0.29, 0.717) is 0 Å². The molecule has 0 aromatic rings. The van der Waals surface area contributed by atoms with Gasteiger partial charge in [0.2, 0.25) is 0 Å². The lowest BCUT2D eigenvalue weighted by Crippen LogP contribution is -2.53. The molecule has 0 saturated carbocycles. The Kier molecular flexibility index (Phi) is 3.37. The second-order valence-corrected chi connectivity index (χ2v) is 3.60. The van der Waals surface area contributed by atoms with Gasteiger partial charge in [0.15, 0.2) is 0 Å². The van der Waals surface area contributed by atoms with Gasteiger partial charge < -0.3 is 20.1 Å². The van der Waals surface area contributed by atoms with E-state index in [0.717, 1.165) is 0 Å². The average molecular weight is 194 g/mol. The maximum atomic E-state index is 9.43. The van der Waals surface area contributed by atoms with Crippen molar-refractivity contribution in [3.8, 4) is 0 Å². The van der Waals surface area contributed by atoms with Crippen molar-refractivity contribution >= 4 is 12.6 Å². The zero-order valence-electron chi connectivity index (χ0n) is 6.79. The van der Waals surface area contributed by atoms with Crippen LogP contribution in [0.4, 0.5) is 0 Å². The van der Waals surface area contributed by atoms with Gasteiger partial charge in [-0.2, -0.15) is 0 Å². The highest BCUT2D eigenvalue weighted by Crippen LogP contribution is 2.27. The van der Waals surface area contributed by atoms with Gasteiger partial charge in [0.25, 0.3) is 0 Å². The molecule has 0 aliphatic carbocycles. The van der Waals surface area contributed by atoms with Crippen LogP contribution < -0.4 is 0 Å². The lowest BCUT2D eigenvalue weighted by molar-refractivity contribution is -0.180. The molecule has 5 heteroatoms.